The normalized spacial score (nSPS) is 16.4. The minimum Gasteiger partial charge on any atom is -0.508 e. The molecule has 154 valence electrons. The monoisotopic (exact) mass is 442 g/mol. The van der Waals surface area contributed by atoms with Crippen LogP contribution in [0.5, 0.6) is 17.2 Å². The number of nitrogens with zero attached hydrogens (tertiary/aromatic N) is 1. The molecule has 0 radical (unpaired) electrons. The van der Waals surface area contributed by atoms with Gasteiger partial charge in [0.15, 0.2) is 11.5 Å². The van der Waals surface area contributed by atoms with E-state index in [-0.39, 0.29) is 30.8 Å². The molecule has 1 saturated heterocycles. The van der Waals surface area contributed by atoms with Crippen molar-refractivity contribution in [2.75, 3.05) is 18.7 Å². The van der Waals surface area contributed by atoms with E-state index in [4.69, 9.17) is 21.7 Å². The summed E-state index contributed by atoms with van der Waals surface area (Å²) in [6, 6.07) is 11.8. The van der Waals surface area contributed by atoms with E-state index in [2.05, 4.69) is 5.32 Å². The number of amides is 2. The van der Waals surface area contributed by atoms with Crippen LogP contribution in [0.25, 0.3) is 6.08 Å². The van der Waals surface area contributed by atoms with E-state index in [0.717, 1.165) is 5.56 Å². The van der Waals surface area contributed by atoms with E-state index in [1.54, 1.807) is 24.3 Å². The standard InChI is InChI=1S/C21H18N2O5S2/c24-15-4-1-3-14(11-15)22-19(25)5-2-8-23-20(26)18(30-21(23)29)10-13-6-7-16-17(9-13)28-12-27-16/h1,3-4,6-7,9-11,24H,2,5,8,12H2,(H,22,25)/b18-10-. The smallest absolute Gasteiger partial charge is 0.266 e. The van der Waals surface area contributed by atoms with Crippen molar-refractivity contribution in [2.24, 2.45) is 0 Å². The molecule has 0 unspecified atom stereocenters. The predicted molar refractivity (Wildman–Crippen MR) is 118 cm³/mol. The van der Waals surface area contributed by atoms with Crippen molar-refractivity contribution in [3.05, 3.63) is 52.9 Å². The average Bonchev–Trinajstić information content (AvgIpc) is 3.27. The summed E-state index contributed by atoms with van der Waals surface area (Å²) in [5.74, 6) is 1.05. The lowest BCUT2D eigenvalue weighted by atomic mass is 10.2. The van der Waals surface area contributed by atoms with Gasteiger partial charge in [-0.25, -0.2) is 0 Å². The van der Waals surface area contributed by atoms with Crippen LogP contribution in [-0.2, 0) is 9.59 Å². The molecular formula is C21H18N2O5S2. The average molecular weight is 443 g/mol. The molecule has 2 aromatic carbocycles. The van der Waals surface area contributed by atoms with Gasteiger partial charge in [-0.2, -0.15) is 0 Å². The van der Waals surface area contributed by atoms with E-state index >= 15 is 0 Å². The number of phenols is 1. The summed E-state index contributed by atoms with van der Waals surface area (Å²) >= 11 is 6.58. The summed E-state index contributed by atoms with van der Waals surface area (Å²) in [4.78, 5) is 26.9. The summed E-state index contributed by atoms with van der Waals surface area (Å²) in [5.41, 5.74) is 1.35. The Bertz CT molecular complexity index is 1050. The van der Waals surface area contributed by atoms with Crippen LogP contribution >= 0.6 is 24.0 Å². The second kappa shape index (κ2) is 8.76. The Balaban J connectivity index is 1.32. The molecule has 30 heavy (non-hydrogen) atoms. The molecule has 0 saturated carbocycles. The topological polar surface area (TPSA) is 88.1 Å². The fraction of sp³-hybridized carbons (Fsp3) is 0.190. The van der Waals surface area contributed by atoms with Crippen molar-refractivity contribution in [3.8, 4) is 17.2 Å². The number of carbonyl (C=O) groups is 2. The van der Waals surface area contributed by atoms with E-state index in [1.165, 1.54) is 28.8 Å². The zero-order valence-electron chi connectivity index (χ0n) is 15.8. The quantitative estimate of drug-likeness (QED) is 0.520. The number of thiocarbonyl (C=S) groups is 1. The summed E-state index contributed by atoms with van der Waals surface area (Å²) in [6.45, 7) is 0.552. The van der Waals surface area contributed by atoms with E-state index in [1.807, 2.05) is 12.1 Å². The van der Waals surface area contributed by atoms with Crippen LogP contribution in [0.1, 0.15) is 18.4 Å². The van der Waals surface area contributed by atoms with Gasteiger partial charge >= 0.3 is 0 Å². The third kappa shape index (κ3) is 4.58. The van der Waals surface area contributed by atoms with Crippen LogP contribution < -0.4 is 14.8 Å². The molecule has 2 aliphatic heterocycles. The molecule has 0 bridgehead atoms. The Morgan fingerprint density at radius 3 is 2.90 bits per heavy atom. The van der Waals surface area contributed by atoms with E-state index < -0.39 is 0 Å². The molecule has 4 rings (SSSR count). The highest BCUT2D eigenvalue weighted by atomic mass is 32.2. The number of fused-ring (bicyclic) bond motifs is 1. The van der Waals surface area contributed by atoms with Gasteiger partial charge < -0.3 is 19.9 Å². The highest BCUT2D eigenvalue weighted by Crippen LogP contribution is 2.36. The Hall–Kier alpha value is -3.04. The Kier molecular flexibility index (Phi) is 5.91. The number of thioether (sulfide) groups is 1. The van der Waals surface area contributed by atoms with Crippen molar-refractivity contribution in [3.63, 3.8) is 0 Å². The molecule has 0 aliphatic carbocycles. The number of rotatable bonds is 6. The molecule has 1 fully saturated rings. The van der Waals surface area contributed by atoms with Gasteiger partial charge in [0.1, 0.15) is 10.1 Å². The minimum absolute atomic E-state index is 0.0830. The molecule has 9 heteroatoms. The van der Waals surface area contributed by atoms with E-state index in [0.29, 0.717) is 39.4 Å². The summed E-state index contributed by atoms with van der Waals surface area (Å²) in [6.07, 6.45) is 2.47. The van der Waals surface area contributed by atoms with Gasteiger partial charge in [0, 0.05) is 24.7 Å². The second-order valence-corrected chi connectivity index (χ2v) is 8.32. The molecule has 2 amide bonds. The summed E-state index contributed by atoms with van der Waals surface area (Å²) in [5, 5.41) is 12.2. The van der Waals surface area contributed by atoms with Gasteiger partial charge in [-0.3, -0.25) is 14.5 Å². The maximum Gasteiger partial charge on any atom is 0.266 e. The maximum absolute atomic E-state index is 12.7. The van der Waals surface area contributed by atoms with Crippen molar-refractivity contribution in [1.29, 1.82) is 0 Å². The first kappa shape index (κ1) is 20.2. The molecule has 7 nitrogen and oxygen atoms in total. The number of aromatic hydroxyl groups is 1. The van der Waals surface area contributed by atoms with Crippen LogP contribution in [0.4, 0.5) is 5.69 Å². The third-order valence-corrected chi connectivity index (χ3v) is 5.86. The zero-order valence-corrected chi connectivity index (χ0v) is 17.4. The number of benzene rings is 2. The van der Waals surface area contributed by atoms with Crippen LogP contribution in [0.15, 0.2) is 47.4 Å². The lowest BCUT2D eigenvalue weighted by molar-refractivity contribution is -0.122. The number of carbonyl (C=O) groups excluding carboxylic acids is 2. The fourth-order valence-corrected chi connectivity index (χ4v) is 4.36. The molecule has 0 spiro atoms. The van der Waals surface area contributed by atoms with Crippen LogP contribution in [-0.4, -0.2) is 39.5 Å². The van der Waals surface area contributed by atoms with Gasteiger partial charge in [-0.15, -0.1) is 0 Å². The number of hydrogen-bond acceptors (Lipinski definition) is 7. The van der Waals surface area contributed by atoms with Gasteiger partial charge in [-0.05, 0) is 42.3 Å². The second-order valence-electron chi connectivity index (χ2n) is 6.65. The maximum atomic E-state index is 12.7. The van der Waals surface area contributed by atoms with Crippen molar-refractivity contribution >= 4 is 51.9 Å². The Morgan fingerprint density at radius 2 is 2.07 bits per heavy atom. The van der Waals surface area contributed by atoms with E-state index in [9.17, 15) is 14.7 Å². The molecule has 0 aromatic heterocycles. The minimum atomic E-state index is -0.193. The number of hydrogen-bond donors (Lipinski definition) is 2. The predicted octanol–water partition coefficient (Wildman–Crippen LogP) is 3.74. The van der Waals surface area contributed by atoms with Gasteiger partial charge in [0.25, 0.3) is 5.91 Å². The fourth-order valence-electron chi connectivity index (χ4n) is 3.05. The lowest BCUT2D eigenvalue weighted by Gasteiger charge is -2.14. The summed E-state index contributed by atoms with van der Waals surface area (Å²) < 4.78 is 11.1. The van der Waals surface area contributed by atoms with Crippen molar-refractivity contribution < 1.29 is 24.2 Å². The number of ether oxygens (including phenoxy) is 2. The first-order valence-electron chi connectivity index (χ1n) is 9.23. The van der Waals surface area contributed by atoms with Crippen LogP contribution in [0, 0.1) is 0 Å². The molecule has 2 heterocycles. The molecular weight excluding hydrogens is 424 g/mol. The summed E-state index contributed by atoms with van der Waals surface area (Å²) in [7, 11) is 0. The van der Waals surface area contributed by atoms with Gasteiger partial charge in [0.05, 0.1) is 4.91 Å². The van der Waals surface area contributed by atoms with Crippen LogP contribution in [0.2, 0.25) is 0 Å². The lowest BCUT2D eigenvalue weighted by Crippen LogP contribution is -2.29. The Morgan fingerprint density at radius 1 is 1.23 bits per heavy atom. The molecule has 0 atom stereocenters. The van der Waals surface area contributed by atoms with Crippen LogP contribution in [0.3, 0.4) is 0 Å². The van der Waals surface area contributed by atoms with Gasteiger partial charge in [0.2, 0.25) is 12.7 Å². The molecule has 2 aliphatic rings. The Labute approximate surface area is 182 Å². The highest BCUT2D eigenvalue weighted by molar-refractivity contribution is 8.26. The van der Waals surface area contributed by atoms with Gasteiger partial charge in [-0.1, -0.05) is 36.1 Å². The molecule has 2 N–H and O–H groups in total. The van der Waals surface area contributed by atoms with Crippen molar-refractivity contribution in [2.45, 2.75) is 12.8 Å². The number of phenolic OH excluding ortho intramolecular Hbond substituents is 1. The third-order valence-electron chi connectivity index (χ3n) is 4.48. The zero-order chi connectivity index (χ0) is 21.1. The molecule has 2 aromatic rings. The number of anilines is 1. The van der Waals surface area contributed by atoms with Crippen molar-refractivity contribution in [1.82, 2.24) is 4.90 Å². The largest absolute Gasteiger partial charge is 0.508 e. The SMILES string of the molecule is O=C(CCCN1C(=O)/C(=C/c2ccc3c(c2)OCO3)SC1=S)Nc1cccc(O)c1. The number of nitrogens with one attached hydrogen (secondary N) is 1. The first-order valence-corrected chi connectivity index (χ1v) is 10.5. The first-order chi connectivity index (χ1) is 14.5. The highest BCUT2D eigenvalue weighted by Gasteiger charge is 2.31.